The van der Waals surface area contributed by atoms with Crippen LogP contribution in [-0.4, -0.2) is 17.9 Å². The Morgan fingerprint density at radius 1 is 1.47 bits per heavy atom. The van der Waals surface area contributed by atoms with Crippen molar-refractivity contribution in [1.82, 2.24) is 5.32 Å². The first kappa shape index (κ1) is 11.6. The predicted molar refractivity (Wildman–Crippen MR) is 64.0 cm³/mol. The normalized spacial score (nSPS) is 18.7. The summed E-state index contributed by atoms with van der Waals surface area (Å²) in [7, 11) is 0. The van der Waals surface area contributed by atoms with Gasteiger partial charge in [-0.1, -0.05) is 15.9 Å². The topological polar surface area (TPSA) is 82.0 Å². The third kappa shape index (κ3) is 2.45. The van der Waals surface area contributed by atoms with Gasteiger partial charge in [0.25, 0.3) is 0 Å². The van der Waals surface area contributed by atoms with Gasteiger partial charge < -0.3 is 5.32 Å². The maximum absolute atomic E-state index is 11.4. The molecule has 1 fully saturated rings. The van der Waals surface area contributed by atoms with Gasteiger partial charge >= 0.3 is 0 Å². The Hall–Kier alpha value is -1.87. The van der Waals surface area contributed by atoms with Gasteiger partial charge in [-0.3, -0.25) is 14.9 Å². The van der Waals surface area contributed by atoms with E-state index in [0.29, 0.717) is 11.3 Å². The van der Waals surface area contributed by atoms with Crippen molar-refractivity contribution in [2.45, 2.75) is 12.5 Å². The summed E-state index contributed by atoms with van der Waals surface area (Å²) in [5.41, 5.74) is 0.970. The Morgan fingerprint density at radius 3 is 2.82 bits per heavy atom. The molecule has 0 aromatic heterocycles. The SMILES string of the molecule is N#Cc1ccc(Br)cc1NC1CC(=O)NC1=O. The number of amides is 2. The van der Waals surface area contributed by atoms with Crippen LogP contribution in [0.4, 0.5) is 5.69 Å². The molecule has 1 heterocycles. The molecule has 1 atom stereocenters. The van der Waals surface area contributed by atoms with E-state index in [4.69, 9.17) is 5.26 Å². The number of hydrogen-bond acceptors (Lipinski definition) is 4. The van der Waals surface area contributed by atoms with E-state index in [0.717, 1.165) is 4.47 Å². The number of benzene rings is 1. The molecular formula is C11H8BrN3O2. The minimum Gasteiger partial charge on any atom is -0.372 e. The molecule has 1 aliphatic rings. The van der Waals surface area contributed by atoms with Crippen molar-refractivity contribution in [3.8, 4) is 6.07 Å². The van der Waals surface area contributed by atoms with Gasteiger partial charge in [0.1, 0.15) is 12.1 Å². The first-order valence-electron chi connectivity index (χ1n) is 4.90. The fourth-order valence-electron chi connectivity index (χ4n) is 1.59. The average Bonchev–Trinajstić information content (AvgIpc) is 2.58. The molecule has 17 heavy (non-hydrogen) atoms. The molecule has 5 nitrogen and oxygen atoms in total. The summed E-state index contributed by atoms with van der Waals surface area (Å²) in [5.74, 6) is -0.667. The molecule has 6 heteroatoms. The lowest BCUT2D eigenvalue weighted by Gasteiger charge is -2.12. The third-order valence-electron chi connectivity index (χ3n) is 2.40. The zero-order chi connectivity index (χ0) is 12.4. The lowest BCUT2D eigenvalue weighted by Crippen LogP contribution is -2.30. The quantitative estimate of drug-likeness (QED) is 0.802. The molecule has 2 amide bonds. The van der Waals surface area contributed by atoms with E-state index < -0.39 is 6.04 Å². The summed E-state index contributed by atoms with van der Waals surface area (Å²) < 4.78 is 0.795. The van der Waals surface area contributed by atoms with Gasteiger partial charge in [0.2, 0.25) is 11.8 Å². The van der Waals surface area contributed by atoms with Gasteiger partial charge in [-0.25, -0.2) is 0 Å². The number of imide groups is 1. The van der Waals surface area contributed by atoms with Crippen molar-refractivity contribution in [3.05, 3.63) is 28.2 Å². The predicted octanol–water partition coefficient (Wildman–Crippen LogP) is 1.15. The van der Waals surface area contributed by atoms with Gasteiger partial charge in [-0.2, -0.15) is 5.26 Å². The number of nitriles is 1. The van der Waals surface area contributed by atoms with Gasteiger partial charge in [0.05, 0.1) is 17.7 Å². The highest BCUT2D eigenvalue weighted by atomic mass is 79.9. The highest BCUT2D eigenvalue weighted by Crippen LogP contribution is 2.22. The Balaban J connectivity index is 2.24. The maximum atomic E-state index is 11.4. The van der Waals surface area contributed by atoms with Crippen LogP contribution in [0.5, 0.6) is 0 Å². The van der Waals surface area contributed by atoms with E-state index in [1.165, 1.54) is 0 Å². The fraction of sp³-hybridized carbons (Fsp3) is 0.182. The smallest absolute Gasteiger partial charge is 0.249 e. The van der Waals surface area contributed by atoms with Crippen LogP contribution >= 0.6 is 15.9 Å². The second-order valence-electron chi connectivity index (χ2n) is 3.62. The number of carbonyl (C=O) groups is 2. The molecule has 1 aliphatic heterocycles. The Bertz CT molecular complexity index is 536. The second-order valence-corrected chi connectivity index (χ2v) is 4.53. The summed E-state index contributed by atoms with van der Waals surface area (Å²) in [6.07, 6.45) is 0.0935. The van der Waals surface area contributed by atoms with Crippen molar-refractivity contribution >= 4 is 33.4 Å². The van der Waals surface area contributed by atoms with Crippen LogP contribution in [0.3, 0.4) is 0 Å². The number of halogens is 1. The van der Waals surface area contributed by atoms with Crippen LogP contribution in [0, 0.1) is 11.3 Å². The molecule has 1 saturated heterocycles. The van der Waals surface area contributed by atoms with Gasteiger partial charge in [-0.05, 0) is 18.2 Å². The highest BCUT2D eigenvalue weighted by Gasteiger charge is 2.30. The fourth-order valence-corrected chi connectivity index (χ4v) is 1.95. The van der Waals surface area contributed by atoms with Gasteiger partial charge in [0, 0.05) is 4.47 Å². The maximum Gasteiger partial charge on any atom is 0.249 e. The zero-order valence-corrected chi connectivity index (χ0v) is 10.2. The Morgan fingerprint density at radius 2 is 2.24 bits per heavy atom. The molecule has 2 rings (SSSR count). The van der Waals surface area contributed by atoms with Crippen molar-refractivity contribution in [2.75, 3.05) is 5.32 Å². The third-order valence-corrected chi connectivity index (χ3v) is 2.89. The molecule has 0 aliphatic carbocycles. The summed E-state index contributed by atoms with van der Waals surface area (Å²) in [5, 5.41) is 14.0. The van der Waals surface area contributed by atoms with Crippen LogP contribution in [0.15, 0.2) is 22.7 Å². The molecule has 1 aromatic carbocycles. The average molecular weight is 294 g/mol. The molecule has 0 spiro atoms. The number of nitrogens with one attached hydrogen (secondary N) is 2. The summed E-state index contributed by atoms with van der Waals surface area (Å²) in [6, 6.07) is 6.50. The van der Waals surface area contributed by atoms with E-state index >= 15 is 0 Å². The van der Waals surface area contributed by atoms with Crippen molar-refractivity contribution in [2.24, 2.45) is 0 Å². The number of carbonyl (C=O) groups excluding carboxylic acids is 2. The molecule has 86 valence electrons. The molecule has 1 aromatic rings. The first-order valence-corrected chi connectivity index (χ1v) is 5.69. The largest absolute Gasteiger partial charge is 0.372 e. The number of anilines is 1. The molecule has 2 N–H and O–H groups in total. The molecular weight excluding hydrogens is 286 g/mol. The summed E-state index contributed by atoms with van der Waals surface area (Å²) in [6.45, 7) is 0. The van der Waals surface area contributed by atoms with E-state index in [1.54, 1.807) is 18.2 Å². The zero-order valence-electron chi connectivity index (χ0n) is 8.66. The van der Waals surface area contributed by atoms with Crippen LogP contribution in [0.2, 0.25) is 0 Å². The van der Waals surface area contributed by atoms with E-state index in [2.05, 4.69) is 26.6 Å². The van der Waals surface area contributed by atoms with E-state index in [1.807, 2.05) is 6.07 Å². The standard InChI is InChI=1S/C11H8BrN3O2/c12-7-2-1-6(5-13)8(3-7)14-9-4-10(16)15-11(9)17/h1-3,9,14H,4H2,(H,15,16,17). The lowest BCUT2D eigenvalue weighted by molar-refractivity contribution is -0.124. The minimum atomic E-state index is -0.608. The Labute approximate surface area is 106 Å². The number of rotatable bonds is 2. The molecule has 0 saturated carbocycles. The van der Waals surface area contributed by atoms with Crippen molar-refractivity contribution in [1.29, 1.82) is 5.26 Å². The van der Waals surface area contributed by atoms with Gasteiger partial charge in [-0.15, -0.1) is 0 Å². The number of hydrogen-bond donors (Lipinski definition) is 2. The lowest BCUT2D eigenvalue weighted by atomic mass is 10.1. The monoisotopic (exact) mass is 293 g/mol. The van der Waals surface area contributed by atoms with Crippen molar-refractivity contribution in [3.63, 3.8) is 0 Å². The summed E-state index contributed by atoms with van der Waals surface area (Å²) >= 11 is 3.28. The van der Waals surface area contributed by atoms with E-state index in [9.17, 15) is 9.59 Å². The Kier molecular flexibility index (Phi) is 3.11. The van der Waals surface area contributed by atoms with Crippen LogP contribution in [-0.2, 0) is 9.59 Å². The van der Waals surface area contributed by atoms with Crippen LogP contribution in [0.1, 0.15) is 12.0 Å². The summed E-state index contributed by atoms with van der Waals surface area (Å²) in [4.78, 5) is 22.4. The van der Waals surface area contributed by atoms with E-state index in [-0.39, 0.29) is 18.2 Å². The van der Waals surface area contributed by atoms with Crippen molar-refractivity contribution < 1.29 is 9.59 Å². The molecule has 0 radical (unpaired) electrons. The highest BCUT2D eigenvalue weighted by molar-refractivity contribution is 9.10. The molecule has 0 bridgehead atoms. The van der Waals surface area contributed by atoms with Crippen LogP contribution in [0.25, 0.3) is 0 Å². The van der Waals surface area contributed by atoms with Gasteiger partial charge in [0.15, 0.2) is 0 Å². The number of nitrogens with zero attached hydrogens (tertiary/aromatic N) is 1. The molecule has 1 unspecified atom stereocenters. The second kappa shape index (κ2) is 4.55. The minimum absolute atomic E-state index is 0.0935. The van der Waals surface area contributed by atoms with Crippen LogP contribution < -0.4 is 10.6 Å². The first-order chi connectivity index (χ1) is 8.10.